The summed E-state index contributed by atoms with van der Waals surface area (Å²) in [7, 11) is 0. The minimum absolute atomic E-state index is 0. The normalized spacial score (nSPS) is 29.7. The first kappa shape index (κ1) is 17.1. The van der Waals surface area contributed by atoms with Crippen LogP contribution in [0.15, 0.2) is 16.8 Å². The fraction of sp³-hybridized carbons (Fsp3) is 0.765. The molecule has 0 bridgehead atoms. The lowest BCUT2D eigenvalue weighted by molar-refractivity contribution is 0.175. The van der Waals surface area contributed by atoms with Gasteiger partial charge in [0.25, 0.3) is 0 Å². The average Bonchev–Trinajstić information content (AvgIpc) is 2.96. The van der Waals surface area contributed by atoms with Crippen molar-refractivity contribution in [2.45, 2.75) is 38.3 Å². The molecule has 1 spiro atoms. The topological polar surface area (TPSA) is 15.3 Å². The van der Waals surface area contributed by atoms with Gasteiger partial charge in [-0.1, -0.05) is 0 Å². The Morgan fingerprint density at radius 3 is 2.86 bits per heavy atom. The molecule has 5 heteroatoms. The zero-order valence-corrected chi connectivity index (χ0v) is 15.6. The molecule has 3 heterocycles. The highest BCUT2D eigenvalue weighted by molar-refractivity contribution is 7.99. The van der Waals surface area contributed by atoms with E-state index in [1.807, 2.05) is 11.3 Å². The van der Waals surface area contributed by atoms with Gasteiger partial charge in [0, 0.05) is 19.1 Å². The van der Waals surface area contributed by atoms with Crippen molar-refractivity contribution in [3.8, 4) is 0 Å². The molecule has 1 saturated carbocycles. The minimum atomic E-state index is 0. The third kappa shape index (κ3) is 3.67. The summed E-state index contributed by atoms with van der Waals surface area (Å²) < 4.78 is 0. The van der Waals surface area contributed by atoms with Crippen LogP contribution in [0, 0.1) is 11.3 Å². The zero-order chi connectivity index (χ0) is 14.1. The molecule has 124 valence electrons. The summed E-state index contributed by atoms with van der Waals surface area (Å²) in [6, 6.07) is 3.18. The summed E-state index contributed by atoms with van der Waals surface area (Å²) >= 11 is 4.00. The summed E-state index contributed by atoms with van der Waals surface area (Å²) in [5.41, 5.74) is 2.20. The van der Waals surface area contributed by atoms with Gasteiger partial charge in [-0.3, -0.25) is 4.90 Å². The van der Waals surface area contributed by atoms with Gasteiger partial charge in [0.1, 0.15) is 0 Å². The van der Waals surface area contributed by atoms with E-state index in [0.717, 1.165) is 12.0 Å². The molecule has 2 unspecified atom stereocenters. The summed E-state index contributed by atoms with van der Waals surface area (Å²) in [6.45, 7) is 5.00. The number of nitrogens with zero attached hydrogens (tertiary/aromatic N) is 1. The van der Waals surface area contributed by atoms with Gasteiger partial charge in [-0.15, -0.1) is 12.4 Å². The third-order valence-corrected chi connectivity index (χ3v) is 7.63. The van der Waals surface area contributed by atoms with Gasteiger partial charge < -0.3 is 5.32 Å². The molecule has 22 heavy (non-hydrogen) atoms. The highest BCUT2D eigenvalue weighted by atomic mass is 35.5. The van der Waals surface area contributed by atoms with Gasteiger partial charge >= 0.3 is 0 Å². The van der Waals surface area contributed by atoms with E-state index in [1.165, 1.54) is 68.9 Å². The number of thioether (sulfide) groups is 1. The predicted molar refractivity (Wildman–Crippen MR) is 100 cm³/mol. The van der Waals surface area contributed by atoms with Crippen molar-refractivity contribution >= 4 is 35.5 Å². The Morgan fingerprint density at radius 2 is 2.18 bits per heavy atom. The van der Waals surface area contributed by atoms with Gasteiger partial charge in [-0.25, -0.2) is 0 Å². The third-order valence-electron chi connectivity index (χ3n) is 5.67. The van der Waals surface area contributed by atoms with Crippen LogP contribution in [0.2, 0.25) is 0 Å². The molecule has 1 N–H and O–H groups in total. The molecule has 2 nitrogen and oxygen atoms in total. The maximum Gasteiger partial charge on any atom is 0.0245 e. The molecule has 1 aliphatic carbocycles. The molecule has 1 aromatic rings. The highest BCUT2D eigenvalue weighted by Crippen LogP contribution is 2.56. The Hall–Kier alpha value is 0.260. The second kappa shape index (κ2) is 7.43. The van der Waals surface area contributed by atoms with Crippen LogP contribution in [-0.2, 0) is 6.54 Å². The number of thiophene rings is 1. The van der Waals surface area contributed by atoms with Crippen LogP contribution >= 0.6 is 35.5 Å². The standard InChI is InChI=1S/C17H26N2S2.ClH/c1-7-20-12-14(1)10-19(11-15-2-8-21-13-15)16-9-17(16)3-5-18-6-4-17;/h1,7,12,15-16,18H,2-6,8-11,13H2;1H. The summed E-state index contributed by atoms with van der Waals surface area (Å²) in [6.07, 6.45) is 5.69. The largest absolute Gasteiger partial charge is 0.317 e. The Labute approximate surface area is 148 Å². The maximum atomic E-state index is 3.54. The van der Waals surface area contributed by atoms with Crippen LogP contribution in [0.5, 0.6) is 0 Å². The molecule has 2 atom stereocenters. The minimum Gasteiger partial charge on any atom is -0.317 e. The summed E-state index contributed by atoms with van der Waals surface area (Å²) in [4.78, 5) is 2.85. The summed E-state index contributed by atoms with van der Waals surface area (Å²) in [5, 5.41) is 8.11. The first-order valence-electron chi connectivity index (χ1n) is 8.39. The average molecular weight is 359 g/mol. The number of piperidine rings is 1. The van der Waals surface area contributed by atoms with Crippen molar-refractivity contribution < 1.29 is 0 Å². The van der Waals surface area contributed by atoms with Crippen LogP contribution in [0.3, 0.4) is 0 Å². The Balaban J connectivity index is 0.00000144. The van der Waals surface area contributed by atoms with Crippen LogP contribution in [0.25, 0.3) is 0 Å². The van der Waals surface area contributed by atoms with Crippen molar-refractivity contribution in [2.75, 3.05) is 31.1 Å². The maximum absolute atomic E-state index is 3.54. The van der Waals surface area contributed by atoms with Crippen LogP contribution in [-0.4, -0.2) is 42.1 Å². The lowest BCUT2D eigenvalue weighted by atomic mass is 9.93. The molecule has 1 aromatic heterocycles. The number of nitrogens with one attached hydrogen (secondary N) is 1. The van der Waals surface area contributed by atoms with Crippen LogP contribution in [0.1, 0.15) is 31.2 Å². The summed E-state index contributed by atoms with van der Waals surface area (Å²) in [5.74, 6) is 3.71. The van der Waals surface area contributed by atoms with Gasteiger partial charge in [0.2, 0.25) is 0 Å². The predicted octanol–water partition coefficient (Wildman–Crippen LogP) is 3.87. The molecule has 4 rings (SSSR count). The van der Waals surface area contributed by atoms with Crippen LogP contribution in [0.4, 0.5) is 0 Å². The SMILES string of the molecule is Cl.c1cc(CN(CC2CCSC2)C2CC23CCNCC3)cs1. The van der Waals surface area contributed by atoms with Crippen molar-refractivity contribution in [3.05, 3.63) is 22.4 Å². The monoisotopic (exact) mass is 358 g/mol. The first-order valence-corrected chi connectivity index (χ1v) is 10.5. The zero-order valence-electron chi connectivity index (χ0n) is 13.1. The number of halogens is 1. The van der Waals surface area contributed by atoms with E-state index in [2.05, 4.69) is 38.8 Å². The van der Waals surface area contributed by atoms with Gasteiger partial charge in [-0.2, -0.15) is 23.1 Å². The molecule has 0 aromatic carbocycles. The van der Waals surface area contributed by atoms with Crippen molar-refractivity contribution in [2.24, 2.45) is 11.3 Å². The Morgan fingerprint density at radius 1 is 1.32 bits per heavy atom. The van der Waals surface area contributed by atoms with Gasteiger partial charge in [-0.05, 0) is 84.0 Å². The Bertz CT molecular complexity index is 453. The van der Waals surface area contributed by atoms with E-state index in [0.29, 0.717) is 5.41 Å². The van der Waals surface area contributed by atoms with Gasteiger partial charge in [0.05, 0.1) is 0 Å². The van der Waals surface area contributed by atoms with E-state index in [4.69, 9.17) is 0 Å². The lowest BCUT2D eigenvalue weighted by Gasteiger charge is -2.31. The van der Waals surface area contributed by atoms with Gasteiger partial charge in [0.15, 0.2) is 0 Å². The van der Waals surface area contributed by atoms with Crippen molar-refractivity contribution in [3.63, 3.8) is 0 Å². The number of hydrogen-bond acceptors (Lipinski definition) is 4. The molecule has 0 radical (unpaired) electrons. The number of rotatable bonds is 5. The fourth-order valence-corrected chi connectivity index (χ4v) is 6.21. The van der Waals surface area contributed by atoms with Crippen LogP contribution < -0.4 is 5.32 Å². The van der Waals surface area contributed by atoms with Crippen molar-refractivity contribution in [1.82, 2.24) is 10.2 Å². The first-order chi connectivity index (χ1) is 10.4. The molecule has 2 saturated heterocycles. The molecule has 3 fully saturated rings. The van der Waals surface area contributed by atoms with E-state index in [1.54, 1.807) is 0 Å². The quantitative estimate of drug-likeness (QED) is 0.860. The second-order valence-electron chi connectivity index (χ2n) is 7.12. The molecule has 2 aliphatic heterocycles. The lowest BCUT2D eigenvalue weighted by Crippen LogP contribution is -2.38. The van der Waals surface area contributed by atoms with E-state index >= 15 is 0 Å². The van der Waals surface area contributed by atoms with Crippen molar-refractivity contribution in [1.29, 1.82) is 0 Å². The van der Waals surface area contributed by atoms with E-state index in [-0.39, 0.29) is 12.4 Å². The highest BCUT2D eigenvalue weighted by Gasteiger charge is 2.56. The van der Waals surface area contributed by atoms with E-state index < -0.39 is 0 Å². The Kier molecular flexibility index (Phi) is 5.78. The molecule has 3 aliphatic rings. The smallest absolute Gasteiger partial charge is 0.0245 e. The fourth-order valence-electron chi connectivity index (χ4n) is 4.28. The number of hydrogen-bond donors (Lipinski definition) is 1. The molecular formula is C17H27ClN2S2. The molecule has 0 amide bonds. The molecular weight excluding hydrogens is 332 g/mol. The van der Waals surface area contributed by atoms with E-state index in [9.17, 15) is 0 Å². The second-order valence-corrected chi connectivity index (χ2v) is 9.05.